The highest BCUT2D eigenvalue weighted by atomic mass is 79.9. The Labute approximate surface area is 88.9 Å². The molecule has 0 bridgehead atoms. The topological polar surface area (TPSA) is 72.3 Å². The molecule has 0 radical (unpaired) electrons. The van der Waals surface area contributed by atoms with Crippen molar-refractivity contribution < 1.29 is 9.52 Å². The molecule has 0 amide bonds. The zero-order valence-corrected chi connectivity index (χ0v) is 8.86. The van der Waals surface area contributed by atoms with Gasteiger partial charge in [0.05, 0.1) is 12.6 Å². The molecule has 0 fully saturated rings. The van der Waals surface area contributed by atoms with Gasteiger partial charge in [0.1, 0.15) is 5.52 Å². The van der Waals surface area contributed by atoms with Gasteiger partial charge in [0.2, 0.25) is 0 Å². The fourth-order valence-corrected chi connectivity index (χ4v) is 1.90. The molecule has 3 N–H and O–H groups in total. The quantitative estimate of drug-likeness (QED) is 0.856. The monoisotopic (exact) mass is 256 g/mol. The van der Waals surface area contributed by atoms with E-state index in [1.54, 1.807) is 6.07 Å². The lowest BCUT2D eigenvalue weighted by Gasteiger charge is -2.09. The van der Waals surface area contributed by atoms with Gasteiger partial charge in [0, 0.05) is 4.47 Å². The van der Waals surface area contributed by atoms with Gasteiger partial charge in [-0.1, -0.05) is 15.9 Å². The van der Waals surface area contributed by atoms with Gasteiger partial charge < -0.3 is 15.3 Å². The molecular weight excluding hydrogens is 248 g/mol. The van der Waals surface area contributed by atoms with Gasteiger partial charge in [-0.3, -0.25) is 0 Å². The average Bonchev–Trinajstić information content (AvgIpc) is 2.62. The Morgan fingerprint density at radius 1 is 1.57 bits per heavy atom. The molecule has 0 saturated carbocycles. The lowest BCUT2D eigenvalue weighted by Crippen LogP contribution is -2.14. The highest BCUT2D eigenvalue weighted by Crippen LogP contribution is 2.27. The minimum atomic E-state index is -0.404. The molecular formula is C9H9BrN2O2. The summed E-state index contributed by atoms with van der Waals surface area (Å²) in [6.07, 6.45) is 1.38. The van der Waals surface area contributed by atoms with E-state index in [9.17, 15) is 0 Å². The number of hydrogen-bond acceptors (Lipinski definition) is 4. The van der Waals surface area contributed by atoms with E-state index < -0.39 is 6.04 Å². The molecule has 1 unspecified atom stereocenters. The third kappa shape index (κ3) is 1.54. The van der Waals surface area contributed by atoms with Crippen LogP contribution in [-0.4, -0.2) is 16.7 Å². The standard InChI is InChI=1S/C9H9BrN2O2/c10-6-2-8-9(14-4-12-8)1-5(6)7(11)3-13/h1-2,4,7,13H,3,11H2. The van der Waals surface area contributed by atoms with Crippen molar-refractivity contribution in [1.29, 1.82) is 0 Å². The number of nitrogens with two attached hydrogens (primary N) is 1. The van der Waals surface area contributed by atoms with Gasteiger partial charge in [-0.25, -0.2) is 4.98 Å². The number of aliphatic hydroxyl groups excluding tert-OH is 1. The highest BCUT2D eigenvalue weighted by Gasteiger charge is 2.11. The molecule has 14 heavy (non-hydrogen) atoms. The molecule has 0 aliphatic heterocycles. The molecule has 1 aromatic heterocycles. The second-order valence-electron chi connectivity index (χ2n) is 2.98. The van der Waals surface area contributed by atoms with E-state index in [2.05, 4.69) is 20.9 Å². The number of oxazole rings is 1. The van der Waals surface area contributed by atoms with Crippen LogP contribution in [0.3, 0.4) is 0 Å². The SMILES string of the molecule is NC(CO)c1cc2ocnc2cc1Br. The van der Waals surface area contributed by atoms with E-state index in [1.165, 1.54) is 6.39 Å². The Morgan fingerprint density at radius 2 is 2.36 bits per heavy atom. The van der Waals surface area contributed by atoms with E-state index in [0.717, 1.165) is 15.6 Å². The first kappa shape index (κ1) is 9.64. The first-order valence-corrected chi connectivity index (χ1v) is 4.90. The van der Waals surface area contributed by atoms with Crippen LogP contribution >= 0.6 is 15.9 Å². The van der Waals surface area contributed by atoms with Crippen molar-refractivity contribution in [2.75, 3.05) is 6.61 Å². The molecule has 0 aliphatic rings. The normalized spacial score (nSPS) is 13.4. The fraction of sp³-hybridized carbons (Fsp3) is 0.222. The van der Waals surface area contributed by atoms with Gasteiger partial charge in [0.15, 0.2) is 12.0 Å². The number of rotatable bonds is 2. The second-order valence-corrected chi connectivity index (χ2v) is 3.84. The predicted octanol–water partition coefficient (Wildman–Crippen LogP) is 1.58. The Hall–Kier alpha value is -0.910. The molecule has 4 nitrogen and oxygen atoms in total. The lowest BCUT2D eigenvalue weighted by atomic mass is 10.1. The van der Waals surface area contributed by atoms with E-state index in [1.807, 2.05) is 6.07 Å². The lowest BCUT2D eigenvalue weighted by molar-refractivity contribution is 0.267. The van der Waals surface area contributed by atoms with E-state index in [4.69, 9.17) is 15.3 Å². The Kier molecular flexibility index (Phi) is 2.54. The highest BCUT2D eigenvalue weighted by molar-refractivity contribution is 9.10. The average molecular weight is 257 g/mol. The summed E-state index contributed by atoms with van der Waals surface area (Å²) < 4.78 is 5.97. The fourth-order valence-electron chi connectivity index (χ4n) is 1.28. The number of aliphatic hydroxyl groups is 1. The minimum absolute atomic E-state index is 0.0990. The molecule has 2 aromatic rings. The summed E-state index contributed by atoms with van der Waals surface area (Å²) in [5.41, 5.74) is 7.97. The molecule has 0 aliphatic carbocycles. The van der Waals surface area contributed by atoms with Gasteiger partial charge in [-0.2, -0.15) is 0 Å². The van der Waals surface area contributed by atoms with E-state index >= 15 is 0 Å². The largest absolute Gasteiger partial charge is 0.443 e. The number of halogens is 1. The zero-order chi connectivity index (χ0) is 10.1. The van der Waals surface area contributed by atoms with E-state index in [0.29, 0.717) is 5.58 Å². The Balaban J connectivity index is 2.58. The summed E-state index contributed by atoms with van der Waals surface area (Å²) in [5, 5.41) is 8.94. The van der Waals surface area contributed by atoms with Crippen LogP contribution < -0.4 is 5.73 Å². The van der Waals surface area contributed by atoms with Crippen molar-refractivity contribution in [2.45, 2.75) is 6.04 Å². The van der Waals surface area contributed by atoms with E-state index in [-0.39, 0.29) is 6.61 Å². The number of fused-ring (bicyclic) bond motifs is 1. The molecule has 5 heteroatoms. The molecule has 0 spiro atoms. The van der Waals surface area contributed by atoms with Crippen molar-refractivity contribution in [3.05, 3.63) is 28.6 Å². The molecule has 1 aromatic carbocycles. The summed E-state index contributed by atoms with van der Waals surface area (Å²) in [7, 11) is 0. The summed E-state index contributed by atoms with van der Waals surface area (Å²) in [6.45, 7) is -0.0990. The van der Waals surface area contributed by atoms with Crippen molar-refractivity contribution in [1.82, 2.24) is 4.98 Å². The van der Waals surface area contributed by atoms with Gasteiger partial charge in [-0.05, 0) is 17.7 Å². The first-order valence-electron chi connectivity index (χ1n) is 4.11. The van der Waals surface area contributed by atoms with Crippen LogP contribution in [0.25, 0.3) is 11.1 Å². The van der Waals surface area contributed by atoms with Crippen LogP contribution in [-0.2, 0) is 0 Å². The molecule has 2 rings (SSSR count). The maximum atomic E-state index is 8.94. The van der Waals surface area contributed by atoms with Crippen molar-refractivity contribution in [3.8, 4) is 0 Å². The molecule has 1 heterocycles. The molecule has 74 valence electrons. The smallest absolute Gasteiger partial charge is 0.181 e. The number of benzene rings is 1. The van der Waals surface area contributed by atoms with Crippen molar-refractivity contribution >= 4 is 27.0 Å². The van der Waals surface area contributed by atoms with Crippen LogP contribution in [0.1, 0.15) is 11.6 Å². The van der Waals surface area contributed by atoms with Crippen LogP contribution in [0.4, 0.5) is 0 Å². The number of aromatic nitrogens is 1. The predicted molar refractivity (Wildman–Crippen MR) is 55.7 cm³/mol. The summed E-state index contributed by atoms with van der Waals surface area (Å²) in [5.74, 6) is 0. The zero-order valence-electron chi connectivity index (χ0n) is 7.27. The maximum absolute atomic E-state index is 8.94. The Bertz CT molecular complexity index is 455. The summed E-state index contributed by atoms with van der Waals surface area (Å²) >= 11 is 3.37. The van der Waals surface area contributed by atoms with Crippen LogP contribution in [0.15, 0.2) is 27.4 Å². The van der Waals surface area contributed by atoms with Crippen molar-refractivity contribution in [2.24, 2.45) is 5.73 Å². The van der Waals surface area contributed by atoms with Crippen molar-refractivity contribution in [3.63, 3.8) is 0 Å². The third-order valence-corrected chi connectivity index (χ3v) is 2.73. The third-order valence-electron chi connectivity index (χ3n) is 2.05. The molecule has 0 saturated heterocycles. The van der Waals surface area contributed by atoms with Crippen LogP contribution in [0.5, 0.6) is 0 Å². The second kappa shape index (κ2) is 3.68. The minimum Gasteiger partial charge on any atom is -0.443 e. The number of hydrogen-bond donors (Lipinski definition) is 2. The molecule has 1 atom stereocenters. The maximum Gasteiger partial charge on any atom is 0.181 e. The van der Waals surface area contributed by atoms with Crippen LogP contribution in [0.2, 0.25) is 0 Å². The summed E-state index contributed by atoms with van der Waals surface area (Å²) in [6, 6.07) is 3.20. The number of nitrogens with zero attached hydrogens (tertiary/aromatic N) is 1. The van der Waals surface area contributed by atoms with Crippen LogP contribution in [0, 0.1) is 0 Å². The van der Waals surface area contributed by atoms with Gasteiger partial charge >= 0.3 is 0 Å². The van der Waals surface area contributed by atoms with Gasteiger partial charge in [-0.15, -0.1) is 0 Å². The first-order chi connectivity index (χ1) is 6.72. The van der Waals surface area contributed by atoms with Gasteiger partial charge in [0.25, 0.3) is 0 Å². The Morgan fingerprint density at radius 3 is 3.07 bits per heavy atom. The summed E-state index contributed by atoms with van der Waals surface area (Å²) in [4.78, 5) is 4.01.